The average molecular weight is 340 g/mol. The summed E-state index contributed by atoms with van der Waals surface area (Å²) >= 11 is 0. The number of rotatable bonds is 6. The summed E-state index contributed by atoms with van der Waals surface area (Å²) in [4.78, 5) is 25.1. The molecule has 2 N–H and O–H groups in total. The minimum absolute atomic E-state index is 0.141. The maximum absolute atomic E-state index is 12.6. The molecule has 0 saturated carbocycles. The largest absolute Gasteiger partial charge is 0.465 e. The van der Waals surface area contributed by atoms with Crippen molar-refractivity contribution in [1.82, 2.24) is 10.6 Å². The lowest BCUT2D eigenvalue weighted by Crippen LogP contribution is -2.46. The summed E-state index contributed by atoms with van der Waals surface area (Å²) in [6.45, 7) is 7.79. The second-order valence-corrected chi connectivity index (χ2v) is 6.59. The molecule has 0 spiro atoms. The van der Waals surface area contributed by atoms with Crippen LogP contribution in [-0.2, 0) is 4.79 Å². The van der Waals surface area contributed by atoms with E-state index >= 15 is 0 Å². The Morgan fingerprint density at radius 2 is 1.84 bits per heavy atom. The third-order valence-corrected chi connectivity index (χ3v) is 3.97. The van der Waals surface area contributed by atoms with Gasteiger partial charge < -0.3 is 15.1 Å². The Kier molecular flexibility index (Phi) is 5.80. The van der Waals surface area contributed by atoms with Crippen molar-refractivity contribution in [1.29, 1.82) is 0 Å². The van der Waals surface area contributed by atoms with E-state index in [9.17, 15) is 9.59 Å². The average Bonchev–Trinajstić information content (AvgIpc) is 3.07. The standard InChI is InChI=1S/C20H24N2O3/c1-5-20(3,4)22-19(24)17(13-16-7-6-12-25-16)21-18(23)15-10-8-14(2)9-11-15/h6-13H,5H2,1-4H3,(H,21,23)(H,22,24)/b17-13-. The van der Waals surface area contributed by atoms with Crippen molar-refractivity contribution in [2.45, 2.75) is 39.7 Å². The normalized spacial score (nSPS) is 11.9. The molecule has 0 atom stereocenters. The van der Waals surface area contributed by atoms with Gasteiger partial charge in [-0.15, -0.1) is 0 Å². The molecule has 0 aliphatic rings. The molecule has 0 saturated heterocycles. The molecule has 0 unspecified atom stereocenters. The fourth-order valence-corrected chi connectivity index (χ4v) is 2.04. The summed E-state index contributed by atoms with van der Waals surface area (Å²) in [5.74, 6) is -0.213. The Bertz CT molecular complexity index is 757. The van der Waals surface area contributed by atoms with E-state index in [1.807, 2.05) is 39.8 Å². The van der Waals surface area contributed by atoms with Crippen LogP contribution in [0.15, 0.2) is 52.8 Å². The van der Waals surface area contributed by atoms with Crippen LogP contribution in [0.4, 0.5) is 0 Å². The number of nitrogens with one attached hydrogen (secondary N) is 2. The van der Waals surface area contributed by atoms with Crippen LogP contribution < -0.4 is 10.6 Å². The predicted octanol–water partition coefficient (Wildman–Crippen LogP) is 3.66. The molecule has 0 bridgehead atoms. The first-order chi connectivity index (χ1) is 11.8. The number of carbonyl (C=O) groups is 2. The molecule has 2 rings (SSSR count). The van der Waals surface area contributed by atoms with Crippen molar-refractivity contribution < 1.29 is 14.0 Å². The van der Waals surface area contributed by atoms with Gasteiger partial charge in [0.15, 0.2) is 0 Å². The maximum atomic E-state index is 12.6. The van der Waals surface area contributed by atoms with Crippen molar-refractivity contribution >= 4 is 17.9 Å². The van der Waals surface area contributed by atoms with Crippen LogP contribution in [-0.4, -0.2) is 17.4 Å². The monoisotopic (exact) mass is 340 g/mol. The van der Waals surface area contributed by atoms with Crippen LogP contribution in [0.1, 0.15) is 48.9 Å². The van der Waals surface area contributed by atoms with Crippen LogP contribution in [0.5, 0.6) is 0 Å². The molecule has 132 valence electrons. The summed E-state index contributed by atoms with van der Waals surface area (Å²) in [6.07, 6.45) is 3.80. The molecule has 0 aliphatic heterocycles. The molecule has 1 aromatic heterocycles. The SMILES string of the molecule is CCC(C)(C)NC(=O)/C(=C/c1ccco1)NC(=O)c1ccc(C)cc1. The summed E-state index contributed by atoms with van der Waals surface area (Å²) < 4.78 is 5.27. The Labute approximate surface area is 148 Å². The van der Waals surface area contributed by atoms with Crippen molar-refractivity contribution in [3.63, 3.8) is 0 Å². The van der Waals surface area contributed by atoms with Gasteiger partial charge in [0.05, 0.1) is 6.26 Å². The van der Waals surface area contributed by atoms with Crippen LogP contribution in [0.2, 0.25) is 0 Å². The first-order valence-electron chi connectivity index (χ1n) is 8.26. The van der Waals surface area contributed by atoms with Crippen molar-refractivity contribution in [3.8, 4) is 0 Å². The Morgan fingerprint density at radius 1 is 1.16 bits per heavy atom. The molecular formula is C20H24N2O3. The van der Waals surface area contributed by atoms with Crippen molar-refractivity contribution in [2.75, 3.05) is 0 Å². The molecule has 1 aromatic carbocycles. The first-order valence-corrected chi connectivity index (χ1v) is 8.26. The van der Waals surface area contributed by atoms with Crippen molar-refractivity contribution in [2.24, 2.45) is 0 Å². The topological polar surface area (TPSA) is 71.3 Å². The Balaban J connectivity index is 2.24. The first kappa shape index (κ1) is 18.5. The van der Waals surface area contributed by atoms with Crippen molar-refractivity contribution in [3.05, 3.63) is 65.2 Å². The highest BCUT2D eigenvalue weighted by Gasteiger charge is 2.22. The van der Waals surface area contributed by atoms with Crippen LogP contribution in [0.25, 0.3) is 6.08 Å². The van der Waals surface area contributed by atoms with Gasteiger partial charge in [-0.25, -0.2) is 0 Å². The van der Waals surface area contributed by atoms with Gasteiger partial charge in [0, 0.05) is 17.2 Å². The molecule has 25 heavy (non-hydrogen) atoms. The minimum atomic E-state index is -0.381. The van der Waals surface area contributed by atoms with E-state index in [0.29, 0.717) is 11.3 Å². The second-order valence-electron chi connectivity index (χ2n) is 6.59. The van der Waals surface area contributed by atoms with Gasteiger partial charge in [-0.3, -0.25) is 9.59 Å². The number of amides is 2. The maximum Gasteiger partial charge on any atom is 0.268 e. The van der Waals surface area contributed by atoms with Crippen LogP contribution in [0, 0.1) is 6.92 Å². The number of carbonyl (C=O) groups excluding carboxylic acids is 2. The molecule has 0 aliphatic carbocycles. The molecule has 0 fully saturated rings. The summed E-state index contributed by atoms with van der Waals surface area (Å²) in [7, 11) is 0. The quantitative estimate of drug-likeness (QED) is 0.788. The van der Waals surface area contributed by atoms with Gasteiger partial charge >= 0.3 is 0 Å². The van der Waals surface area contributed by atoms with E-state index in [1.165, 1.54) is 12.3 Å². The zero-order valence-electron chi connectivity index (χ0n) is 15.1. The predicted molar refractivity (Wildman–Crippen MR) is 97.8 cm³/mol. The number of benzene rings is 1. The van der Waals surface area contributed by atoms with Gasteiger partial charge in [0.25, 0.3) is 11.8 Å². The molecule has 1 heterocycles. The summed E-state index contributed by atoms with van der Waals surface area (Å²) in [6, 6.07) is 10.6. The van der Waals surface area contributed by atoms with Crippen LogP contribution in [0.3, 0.4) is 0 Å². The van der Waals surface area contributed by atoms with E-state index in [0.717, 1.165) is 12.0 Å². The van der Waals surface area contributed by atoms with Gasteiger partial charge in [0.2, 0.25) is 0 Å². The number of hydrogen-bond donors (Lipinski definition) is 2. The van der Waals surface area contributed by atoms with Crippen LogP contribution >= 0.6 is 0 Å². The zero-order chi connectivity index (χ0) is 18.4. The van der Waals surface area contributed by atoms with E-state index in [-0.39, 0.29) is 23.1 Å². The van der Waals surface area contributed by atoms with Gasteiger partial charge in [-0.1, -0.05) is 24.6 Å². The number of aryl methyl sites for hydroxylation is 1. The lowest BCUT2D eigenvalue weighted by Gasteiger charge is -2.25. The molecule has 5 nitrogen and oxygen atoms in total. The smallest absolute Gasteiger partial charge is 0.268 e. The summed E-state index contributed by atoms with van der Waals surface area (Å²) in [5.41, 5.74) is 1.30. The molecule has 2 amide bonds. The van der Waals surface area contributed by atoms with Gasteiger partial charge in [-0.2, -0.15) is 0 Å². The third-order valence-electron chi connectivity index (χ3n) is 3.97. The van der Waals surface area contributed by atoms with E-state index in [2.05, 4.69) is 10.6 Å². The second kappa shape index (κ2) is 7.83. The lowest BCUT2D eigenvalue weighted by molar-refractivity contribution is -0.119. The third kappa shape index (κ3) is 5.35. The van der Waals surface area contributed by atoms with E-state index < -0.39 is 0 Å². The fourth-order valence-electron chi connectivity index (χ4n) is 2.04. The van der Waals surface area contributed by atoms with Gasteiger partial charge in [0.1, 0.15) is 11.5 Å². The molecular weight excluding hydrogens is 316 g/mol. The Morgan fingerprint density at radius 3 is 2.40 bits per heavy atom. The highest BCUT2D eigenvalue weighted by molar-refractivity contribution is 6.05. The lowest BCUT2D eigenvalue weighted by atomic mass is 10.0. The van der Waals surface area contributed by atoms with Gasteiger partial charge in [-0.05, 0) is 51.5 Å². The van der Waals surface area contributed by atoms with E-state index in [1.54, 1.807) is 24.3 Å². The summed E-state index contributed by atoms with van der Waals surface area (Å²) in [5, 5.41) is 5.61. The Hall–Kier alpha value is -2.82. The molecule has 5 heteroatoms. The highest BCUT2D eigenvalue weighted by Crippen LogP contribution is 2.12. The van der Waals surface area contributed by atoms with E-state index in [4.69, 9.17) is 4.42 Å². The minimum Gasteiger partial charge on any atom is -0.465 e. The zero-order valence-corrected chi connectivity index (χ0v) is 15.1. The molecule has 2 aromatic rings. The highest BCUT2D eigenvalue weighted by atomic mass is 16.3. The molecule has 0 radical (unpaired) electrons. The number of hydrogen-bond acceptors (Lipinski definition) is 3. The fraction of sp³-hybridized carbons (Fsp3) is 0.300. The number of furan rings is 1.